The summed E-state index contributed by atoms with van der Waals surface area (Å²) in [6.07, 6.45) is 5.22. The summed E-state index contributed by atoms with van der Waals surface area (Å²) in [6.45, 7) is 0. The van der Waals surface area contributed by atoms with E-state index in [1.165, 1.54) is 38.9 Å². The molecular formula is C14H18N2O3. The topological polar surface area (TPSA) is 64.4 Å². The fourth-order valence-electron chi connectivity index (χ4n) is 2.64. The molecule has 0 spiro atoms. The second-order valence-corrected chi connectivity index (χ2v) is 5.49. The molecule has 1 aromatic carbocycles. The maximum atomic E-state index is 10.9. The average Bonchev–Trinajstić information content (AvgIpc) is 3.28. The first-order valence-corrected chi connectivity index (χ1v) is 6.78. The van der Waals surface area contributed by atoms with Gasteiger partial charge >= 0.3 is 5.69 Å². The summed E-state index contributed by atoms with van der Waals surface area (Å²) in [6, 6.07) is 5.55. The molecular weight excluding hydrogens is 244 g/mol. The van der Waals surface area contributed by atoms with Gasteiger partial charge < -0.3 is 10.1 Å². The van der Waals surface area contributed by atoms with Crippen LogP contribution in [0.2, 0.25) is 0 Å². The lowest BCUT2D eigenvalue weighted by molar-refractivity contribution is -0.385. The molecule has 1 N–H and O–H groups in total. The zero-order valence-electron chi connectivity index (χ0n) is 11.0. The van der Waals surface area contributed by atoms with E-state index in [9.17, 15) is 10.1 Å². The van der Waals surface area contributed by atoms with Crippen molar-refractivity contribution in [3.05, 3.63) is 28.3 Å². The fourth-order valence-corrected chi connectivity index (χ4v) is 2.64. The van der Waals surface area contributed by atoms with Crippen molar-refractivity contribution in [2.75, 3.05) is 12.4 Å². The first-order chi connectivity index (χ1) is 9.19. The van der Waals surface area contributed by atoms with E-state index in [0.717, 1.165) is 17.5 Å². The summed E-state index contributed by atoms with van der Waals surface area (Å²) in [5, 5.41) is 14.4. The highest BCUT2D eigenvalue weighted by Gasteiger charge is 2.41. The maximum Gasteiger partial charge on any atom is 0.311 e. The van der Waals surface area contributed by atoms with Gasteiger partial charge in [-0.2, -0.15) is 0 Å². The van der Waals surface area contributed by atoms with Crippen molar-refractivity contribution in [3.63, 3.8) is 0 Å². The molecule has 3 rings (SSSR count). The third kappa shape index (κ3) is 2.64. The predicted octanol–water partition coefficient (Wildman–Crippen LogP) is 3.20. The first-order valence-electron chi connectivity index (χ1n) is 6.78. The van der Waals surface area contributed by atoms with E-state index in [4.69, 9.17) is 4.74 Å². The summed E-state index contributed by atoms with van der Waals surface area (Å²) in [5.41, 5.74) is 0.939. The van der Waals surface area contributed by atoms with Gasteiger partial charge in [0.2, 0.25) is 0 Å². The summed E-state index contributed by atoms with van der Waals surface area (Å²) in [7, 11) is 1.46. The minimum Gasteiger partial charge on any atom is -0.490 e. The number of rotatable bonds is 6. The molecule has 2 fully saturated rings. The van der Waals surface area contributed by atoms with Gasteiger partial charge in [0.15, 0.2) is 5.75 Å². The van der Waals surface area contributed by atoms with Gasteiger partial charge in [0.1, 0.15) is 0 Å². The van der Waals surface area contributed by atoms with Gasteiger partial charge in [0.05, 0.1) is 12.0 Å². The molecule has 5 nitrogen and oxygen atoms in total. The SMILES string of the molecule is COc1cc(NC(C2CC2)C2CC2)ccc1[N+](=O)[O-]. The minimum atomic E-state index is -0.415. The van der Waals surface area contributed by atoms with Gasteiger partial charge in [-0.1, -0.05) is 0 Å². The number of nitro groups is 1. The van der Waals surface area contributed by atoms with E-state index in [1.54, 1.807) is 12.1 Å². The zero-order chi connectivity index (χ0) is 13.4. The average molecular weight is 262 g/mol. The highest BCUT2D eigenvalue weighted by molar-refractivity contribution is 5.58. The molecule has 0 bridgehead atoms. The number of anilines is 1. The molecule has 0 aromatic heterocycles. The molecule has 5 heteroatoms. The van der Waals surface area contributed by atoms with Crippen LogP contribution in [0.3, 0.4) is 0 Å². The van der Waals surface area contributed by atoms with E-state index in [0.29, 0.717) is 11.8 Å². The highest BCUT2D eigenvalue weighted by Crippen LogP contribution is 2.46. The Morgan fingerprint density at radius 3 is 2.42 bits per heavy atom. The van der Waals surface area contributed by atoms with Crippen molar-refractivity contribution in [3.8, 4) is 5.75 Å². The summed E-state index contributed by atoms with van der Waals surface area (Å²) < 4.78 is 5.10. The van der Waals surface area contributed by atoms with Crippen LogP contribution in [0.4, 0.5) is 11.4 Å². The summed E-state index contributed by atoms with van der Waals surface area (Å²) >= 11 is 0. The summed E-state index contributed by atoms with van der Waals surface area (Å²) in [5.74, 6) is 1.89. The quantitative estimate of drug-likeness (QED) is 0.631. The number of nitro benzene ring substituents is 1. The molecule has 2 saturated carbocycles. The first kappa shape index (κ1) is 12.3. The Kier molecular flexibility index (Phi) is 3.05. The van der Waals surface area contributed by atoms with Crippen molar-refractivity contribution >= 4 is 11.4 Å². The lowest BCUT2D eigenvalue weighted by Gasteiger charge is -2.19. The Morgan fingerprint density at radius 2 is 1.95 bits per heavy atom. The number of nitrogens with one attached hydrogen (secondary N) is 1. The van der Waals surface area contributed by atoms with Crippen LogP contribution in [0.25, 0.3) is 0 Å². The molecule has 1 aromatic rings. The van der Waals surface area contributed by atoms with Gasteiger partial charge in [-0.25, -0.2) is 0 Å². The second-order valence-electron chi connectivity index (χ2n) is 5.49. The largest absolute Gasteiger partial charge is 0.490 e. The summed E-state index contributed by atoms with van der Waals surface area (Å²) in [4.78, 5) is 10.4. The van der Waals surface area contributed by atoms with Crippen LogP contribution in [-0.4, -0.2) is 18.1 Å². The number of benzene rings is 1. The third-order valence-corrected chi connectivity index (χ3v) is 3.97. The molecule has 2 aliphatic rings. The molecule has 0 aliphatic heterocycles. The monoisotopic (exact) mass is 262 g/mol. The van der Waals surface area contributed by atoms with Gasteiger partial charge in [0, 0.05) is 23.9 Å². The number of ether oxygens (including phenoxy) is 1. The van der Waals surface area contributed by atoms with Crippen LogP contribution in [0.1, 0.15) is 25.7 Å². The Bertz CT molecular complexity index is 483. The van der Waals surface area contributed by atoms with E-state index >= 15 is 0 Å². The van der Waals surface area contributed by atoms with Crippen LogP contribution in [0.15, 0.2) is 18.2 Å². The van der Waals surface area contributed by atoms with Crippen LogP contribution in [0.5, 0.6) is 5.75 Å². The Balaban J connectivity index is 1.78. The lowest BCUT2D eigenvalue weighted by Crippen LogP contribution is -2.24. The van der Waals surface area contributed by atoms with Crippen molar-refractivity contribution in [2.45, 2.75) is 31.7 Å². The van der Waals surface area contributed by atoms with Gasteiger partial charge in [-0.3, -0.25) is 10.1 Å². The van der Waals surface area contributed by atoms with Crippen molar-refractivity contribution in [1.29, 1.82) is 0 Å². The van der Waals surface area contributed by atoms with Crippen molar-refractivity contribution in [1.82, 2.24) is 0 Å². The normalized spacial score (nSPS) is 18.4. The molecule has 102 valence electrons. The van der Waals surface area contributed by atoms with Crippen molar-refractivity contribution < 1.29 is 9.66 Å². The Morgan fingerprint density at radius 1 is 1.32 bits per heavy atom. The maximum absolute atomic E-state index is 10.9. The Hall–Kier alpha value is -1.78. The molecule has 0 atom stereocenters. The zero-order valence-corrected chi connectivity index (χ0v) is 11.0. The van der Waals surface area contributed by atoms with Crippen LogP contribution in [0, 0.1) is 22.0 Å². The standard InChI is InChI=1S/C14H18N2O3/c1-19-13-8-11(6-7-12(13)16(17)18)15-14(9-2-3-9)10-4-5-10/h6-10,14-15H,2-5H2,1H3. The van der Waals surface area contributed by atoms with Gasteiger partial charge in [-0.15, -0.1) is 0 Å². The number of methoxy groups -OCH3 is 1. The van der Waals surface area contributed by atoms with Gasteiger partial charge in [-0.05, 0) is 43.6 Å². The second kappa shape index (κ2) is 4.72. The molecule has 0 amide bonds. The number of hydrogen-bond acceptors (Lipinski definition) is 4. The lowest BCUT2D eigenvalue weighted by atomic mass is 10.1. The van der Waals surface area contributed by atoms with E-state index in [2.05, 4.69) is 5.32 Å². The molecule has 19 heavy (non-hydrogen) atoms. The highest BCUT2D eigenvalue weighted by atomic mass is 16.6. The minimum absolute atomic E-state index is 0.0162. The molecule has 0 heterocycles. The molecule has 0 radical (unpaired) electrons. The molecule has 2 aliphatic carbocycles. The van der Waals surface area contributed by atoms with E-state index < -0.39 is 4.92 Å². The molecule has 0 unspecified atom stereocenters. The van der Waals surface area contributed by atoms with Crippen molar-refractivity contribution in [2.24, 2.45) is 11.8 Å². The van der Waals surface area contributed by atoms with Crippen LogP contribution < -0.4 is 10.1 Å². The van der Waals surface area contributed by atoms with E-state index in [-0.39, 0.29) is 5.69 Å². The third-order valence-electron chi connectivity index (χ3n) is 3.97. The number of hydrogen-bond donors (Lipinski definition) is 1. The fraction of sp³-hybridized carbons (Fsp3) is 0.571. The predicted molar refractivity (Wildman–Crippen MR) is 72.5 cm³/mol. The van der Waals surface area contributed by atoms with Crippen LogP contribution in [-0.2, 0) is 0 Å². The number of nitrogens with zero attached hydrogens (tertiary/aromatic N) is 1. The Labute approximate surface area is 112 Å². The van der Waals surface area contributed by atoms with E-state index in [1.807, 2.05) is 0 Å². The smallest absolute Gasteiger partial charge is 0.311 e. The molecule has 0 saturated heterocycles. The van der Waals surface area contributed by atoms with Gasteiger partial charge in [0.25, 0.3) is 0 Å². The van der Waals surface area contributed by atoms with Crippen LogP contribution >= 0.6 is 0 Å².